The van der Waals surface area contributed by atoms with Crippen LogP contribution in [0.25, 0.3) is 0 Å². The van der Waals surface area contributed by atoms with Crippen LogP contribution >= 0.6 is 0 Å². The number of halogens is 3. The van der Waals surface area contributed by atoms with Crippen molar-refractivity contribution in [3.8, 4) is 0 Å². The van der Waals surface area contributed by atoms with Crippen LogP contribution in [0.15, 0.2) is 24.3 Å². The van der Waals surface area contributed by atoms with Crippen LogP contribution in [0.4, 0.5) is 18.9 Å². The second-order valence-corrected chi connectivity index (χ2v) is 4.83. The van der Waals surface area contributed by atoms with Gasteiger partial charge < -0.3 is 5.32 Å². The van der Waals surface area contributed by atoms with E-state index in [4.69, 9.17) is 0 Å². The van der Waals surface area contributed by atoms with Crippen LogP contribution in [0.2, 0.25) is 0 Å². The van der Waals surface area contributed by atoms with Gasteiger partial charge in [0.15, 0.2) is 0 Å². The third-order valence-electron chi connectivity index (χ3n) is 3.25. The number of imide groups is 1. The molecule has 1 N–H and O–H groups in total. The topological polar surface area (TPSA) is 49.4 Å². The first-order valence-electron chi connectivity index (χ1n) is 6.61. The Kier molecular flexibility index (Phi) is 4.20. The molecule has 1 atom stereocenters. The second kappa shape index (κ2) is 5.75. The van der Waals surface area contributed by atoms with Gasteiger partial charge in [0, 0.05) is 12.2 Å². The van der Waals surface area contributed by atoms with Gasteiger partial charge >= 0.3 is 6.18 Å². The van der Waals surface area contributed by atoms with E-state index >= 15 is 0 Å². The summed E-state index contributed by atoms with van der Waals surface area (Å²) in [5.41, 5.74) is -1.03. The van der Waals surface area contributed by atoms with E-state index in [0.29, 0.717) is 6.42 Å². The number of amides is 2. The second-order valence-electron chi connectivity index (χ2n) is 4.83. The molecule has 0 radical (unpaired) electrons. The molecule has 1 heterocycles. The number of nitrogens with zero attached hydrogens (tertiary/aromatic N) is 1. The van der Waals surface area contributed by atoms with Crippen molar-refractivity contribution in [2.75, 3.05) is 11.9 Å². The molecule has 1 aromatic rings. The molecule has 1 saturated heterocycles. The van der Waals surface area contributed by atoms with Crippen LogP contribution in [0, 0.1) is 0 Å². The summed E-state index contributed by atoms with van der Waals surface area (Å²) in [5, 5.41) is 2.55. The SMILES string of the molecule is CCCN1C(=O)CC(Nc2ccccc2C(F)(F)F)C1=O. The molecule has 0 aromatic heterocycles. The van der Waals surface area contributed by atoms with Crippen LogP contribution < -0.4 is 5.32 Å². The third kappa shape index (κ3) is 3.17. The predicted molar refractivity (Wildman–Crippen MR) is 70.5 cm³/mol. The number of hydrogen-bond acceptors (Lipinski definition) is 3. The van der Waals surface area contributed by atoms with Crippen molar-refractivity contribution < 1.29 is 22.8 Å². The Labute approximate surface area is 119 Å². The van der Waals surface area contributed by atoms with Gasteiger partial charge in [-0.2, -0.15) is 13.2 Å². The molecule has 1 aliphatic rings. The highest BCUT2D eigenvalue weighted by Gasteiger charge is 2.40. The Hall–Kier alpha value is -2.05. The lowest BCUT2D eigenvalue weighted by Gasteiger charge is -2.18. The summed E-state index contributed by atoms with van der Waals surface area (Å²) in [7, 11) is 0. The molecular formula is C14H15F3N2O2. The number of para-hydroxylation sites is 1. The number of anilines is 1. The zero-order chi connectivity index (χ0) is 15.6. The number of benzene rings is 1. The van der Waals surface area contributed by atoms with Gasteiger partial charge in [-0.1, -0.05) is 19.1 Å². The maximum Gasteiger partial charge on any atom is 0.418 e. The normalized spacial score (nSPS) is 19.2. The number of likely N-dealkylation sites (tertiary alicyclic amines) is 1. The molecule has 1 aliphatic heterocycles. The van der Waals surface area contributed by atoms with E-state index in [0.717, 1.165) is 11.0 Å². The Balaban J connectivity index is 2.20. The van der Waals surface area contributed by atoms with Crippen LogP contribution in [-0.4, -0.2) is 29.3 Å². The van der Waals surface area contributed by atoms with Crippen molar-refractivity contribution in [2.45, 2.75) is 32.0 Å². The van der Waals surface area contributed by atoms with Gasteiger partial charge in [-0.05, 0) is 18.6 Å². The molecule has 1 unspecified atom stereocenters. The highest BCUT2D eigenvalue weighted by molar-refractivity contribution is 6.06. The third-order valence-corrected chi connectivity index (χ3v) is 3.25. The van der Waals surface area contributed by atoms with E-state index in [1.54, 1.807) is 0 Å². The number of hydrogen-bond donors (Lipinski definition) is 1. The fraction of sp³-hybridized carbons (Fsp3) is 0.429. The van der Waals surface area contributed by atoms with E-state index in [1.807, 2.05) is 6.92 Å². The monoisotopic (exact) mass is 300 g/mol. The van der Waals surface area contributed by atoms with Gasteiger partial charge in [0.1, 0.15) is 6.04 Å². The summed E-state index contributed by atoms with van der Waals surface area (Å²) < 4.78 is 38.7. The molecule has 0 bridgehead atoms. The summed E-state index contributed by atoms with van der Waals surface area (Å²) in [6.07, 6.45) is -4.02. The van der Waals surface area contributed by atoms with E-state index in [2.05, 4.69) is 5.32 Å². The first-order valence-corrected chi connectivity index (χ1v) is 6.61. The molecule has 0 spiro atoms. The number of nitrogens with one attached hydrogen (secondary N) is 1. The Bertz CT molecular complexity index is 557. The molecule has 4 nitrogen and oxygen atoms in total. The molecule has 21 heavy (non-hydrogen) atoms. The lowest BCUT2D eigenvalue weighted by atomic mass is 10.1. The van der Waals surface area contributed by atoms with E-state index < -0.39 is 23.7 Å². The summed E-state index contributed by atoms with van der Waals surface area (Å²) in [5.74, 6) is -0.831. The van der Waals surface area contributed by atoms with Gasteiger partial charge in [-0.25, -0.2) is 0 Å². The van der Waals surface area contributed by atoms with Crippen molar-refractivity contribution in [3.05, 3.63) is 29.8 Å². The van der Waals surface area contributed by atoms with Crippen LogP contribution in [0.3, 0.4) is 0 Å². The lowest BCUT2D eigenvalue weighted by molar-refractivity contribution is -0.139. The molecule has 114 valence electrons. The minimum Gasteiger partial charge on any atom is -0.373 e. The van der Waals surface area contributed by atoms with Gasteiger partial charge in [-0.15, -0.1) is 0 Å². The zero-order valence-electron chi connectivity index (χ0n) is 11.4. The smallest absolute Gasteiger partial charge is 0.373 e. The Morgan fingerprint density at radius 3 is 2.57 bits per heavy atom. The maximum absolute atomic E-state index is 12.9. The minimum absolute atomic E-state index is 0.120. The van der Waals surface area contributed by atoms with Crippen molar-refractivity contribution >= 4 is 17.5 Å². The summed E-state index contributed by atoms with van der Waals surface area (Å²) in [6, 6.07) is 3.98. The zero-order valence-corrected chi connectivity index (χ0v) is 11.4. The number of rotatable bonds is 4. The van der Waals surface area contributed by atoms with Crippen molar-refractivity contribution in [1.29, 1.82) is 0 Å². The van der Waals surface area contributed by atoms with Gasteiger partial charge in [0.05, 0.1) is 12.0 Å². The average Bonchev–Trinajstić information content (AvgIpc) is 2.66. The molecule has 7 heteroatoms. The predicted octanol–water partition coefficient (Wildman–Crippen LogP) is 2.65. The minimum atomic E-state index is -4.52. The lowest BCUT2D eigenvalue weighted by Crippen LogP contribution is -2.35. The van der Waals surface area contributed by atoms with Crippen LogP contribution in [0.1, 0.15) is 25.3 Å². The Morgan fingerprint density at radius 1 is 1.29 bits per heavy atom. The molecule has 1 fully saturated rings. The quantitative estimate of drug-likeness (QED) is 0.870. The standard InChI is InChI=1S/C14H15F3N2O2/c1-2-7-19-12(20)8-11(13(19)21)18-10-6-4-3-5-9(10)14(15,16)17/h3-6,11,18H,2,7-8H2,1H3. The highest BCUT2D eigenvalue weighted by Crippen LogP contribution is 2.35. The average molecular weight is 300 g/mol. The molecule has 1 aromatic carbocycles. The summed E-state index contributed by atoms with van der Waals surface area (Å²) in [6.45, 7) is 2.11. The molecule has 0 saturated carbocycles. The molecule has 0 aliphatic carbocycles. The van der Waals surface area contributed by atoms with Crippen LogP contribution in [0.5, 0.6) is 0 Å². The molecule has 2 amide bonds. The highest BCUT2D eigenvalue weighted by atomic mass is 19.4. The number of carbonyl (C=O) groups excluding carboxylic acids is 2. The summed E-state index contributed by atoms with van der Waals surface area (Å²) in [4.78, 5) is 24.8. The van der Waals surface area contributed by atoms with E-state index in [-0.39, 0.29) is 24.6 Å². The fourth-order valence-electron chi connectivity index (χ4n) is 2.30. The van der Waals surface area contributed by atoms with E-state index in [1.165, 1.54) is 18.2 Å². The van der Waals surface area contributed by atoms with Crippen LogP contribution in [-0.2, 0) is 15.8 Å². The summed E-state index contributed by atoms with van der Waals surface area (Å²) >= 11 is 0. The van der Waals surface area contributed by atoms with Gasteiger partial charge in [0.25, 0.3) is 5.91 Å². The molecular weight excluding hydrogens is 285 g/mol. The van der Waals surface area contributed by atoms with Gasteiger partial charge in [0.2, 0.25) is 5.91 Å². The first-order chi connectivity index (χ1) is 9.84. The number of carbonyl (C=O) groups is 2. The van der Waals surface area contributed by atoms with Crippen molar-refractivity contribution in [1.82, 2.24) is 4.90 Å². The van der Waals surface area contributed by atoms with E-state index in [9.17, 15) is 22.8 Å². The van der Waals surface area contributed by atoms with Gasteiger partial charge in [-0.3, -0.25) is 14.5 Å². The first kappa shape index (κ1) is 15.3. The Morgan fingerprint density at radius 2 is 1.95 bits per heavy atom. The van der Waals surface area contributed by atoms with Crippen molar-refractivity contribution in [3.63, 3.8) is 0 Å². The van der Waals surface area contributed by atoms with Crippen molar-refractivity contribution in [2.24, 2.45) is 0 Å². The molecule has 2 rings (SSSR count). The maximum atomic E-state index is 12.9. The largest absolute Gasteiger partial charge is 0.418 e. The fourth-order valence-corrected chi connectivity index (χ4v) is 2.30. The number of alkyl halides is 3.